The van der Waals surface area contributed by atoms with E-state index in [1.807, 2.05) is 0 Å². The highest BCUT2D eigenvalue weighted by Crippen LogP contribution is 2.20. The number of hydrogen-bond donors (Lipinski definition) is 2. The highest BCUT2D eigenvalue weighted by Gasteiger charge is 2.24. The molecule has 2 heterocycles. The Hall–Kier alpha value is -0.930. The molecule has 1 aliphatic heterocycles. The lowest BCUT2D eigenvalue weighted by Gasteiger charge is -2.26. The van der Waals surface area contributed by atoms with E-state index < -0.39 is 10.0 Å². The number of morpholine rings is 1. The molecular weight excluding hydrogens is 282 g/mol. The molecule has 1 saturated heterocycles. The summed E-state index contributed by atoms with van der Waals surface area (Å²) < 4.78 is 34.9. The monoisotopic (exact) mass is 301 g/mol. The Bertz CT molecular complexity index is 547. The van der Waals surface area contributed by atoms with Gasteiger partial charge in [0.25, 0.3) is 10.0 Å². The Morgan fingerprint density at radius 3 is 2.70 bits per heavy atom. The normalized spacial score (nSPS) is 21.2. The van der Waals surface area contributed by atoms with Gasteiger partial charge in [0.1, 0.15) is 5.76 Å². The minimum atomic E-state index is -3.64. The molecule has 0 bridgehead atoms. The van der Waals surface area contributed by atoms with Gasteiger partial charge in [-0.25, -0.2) is 13.4 Å². The minimum Gasteiger partial charge on any atom is -0.447 e. The predicted octanol–water partition coefficient (Wildman–Crippen LogP) is 0.0571. The molecule has 1 aromatic heterocycles. The number of hydrazine groups is 1. The molecule has 20 heavy (non-hydrogen) atoms. The number of nitrogens with one attached hydrogen (secondary N) is 2. The van der Waals surface area contributed by atoms with Crippen molar-refractivity contribution in [2.24, 2.45) is 0 Å². The average molecular weight is 301 g/mol. The van der Waals surface area contributed by atoms with Crippen LogP contribution in [0.3, 0.4) is 0 Å². The molecule has 2 aliphatic rings. The fraction of sp³-hybridized carbons (Fsp3) is 0.667. The third kappa shape index (κ3) is 3.58. The van der Waals surface area contributed by atoms with Crippen LogP contribution in [0.15, 0.2) is 21.6 Å². The molecule has 1 saturated carbocycles. The quantitative estimate of drug-likeness (QED) is 0.773. The van der Waals surface area contributed by atoms with Crippen LogP contribution in [-0.4, -0.2) is 45.8 Å². The van der Waals surface area contributed by atoms with E-state index in [0.717, 1.165) is 0 Å². The number of rotatable bonds is 6. The summed E-state index contributed by atoms with van der Waals surface area (Å²) in [6.45, 7) is 2.69. The summed E-state index contributed by atoms with van der Waals surface area (Å²) >= 11 is 0. The van der Waals surface area contributed by atoms with Crippen molar-refractivity contribution in [3.8, 4) is 0 Å². The van der Waals surface area contributed by atoms with Gasteiger partial charge < -0.3 is 14.5 Å². The number of ether oxygens (including phenoxy) is 1. The standard InChI is InChI=1S/C12H19N3O4S/c16-20(17,14-15-5-7-18-8-6-15)12-4-3-11(19-12)9-13-10-1-2-10/h3-4,10,13-14H,1-2,5-9H2. The zero-order valence-corrected chi connectivity index (χ0v) is 12.0. The second-order valence-corrected chi connectivity index (χ2v) is 6.66. The second kappa shape index (κ2) is 5.82. The Morgan fingerprint density at radius 1 is 1.25 bits per heavy atom. The summed E-state index contributed by atoms with van der Waals surface area (Å²) in [5.74, 6) is 0.638. The molecule has 3 rings (SSSR count). The van der Waals surface area contributed by atoms with Crippen LogP contribution >= 0.6 is 0 Å². The van der Waals surface area contributed by atoms with Crippen molar-refractivity contribution in [2.75, 3.05) is 26.3 Å². The predicted molar refractivity (Wildman–Crippen MR) is 71.3 cm³/mol. The molecule has 1 aromatic rings. The number of sulfonamides is 1. The van der Waals surface area contributed by atoms with Crippen LogP contribution in [0.25, 0.3) is 0 Å². The van der Waals surface area contributed by atoms with Crippen molar-refractivity contribution in [3.05, 3.63) is 17.9 Å². The smallest absolute Gasteiger partial charge is 0.286 e. The van der Waals surface area contributed by atoms with Gasteiger partial charge in [0.15, 0.2) is 0 Å². The van der Waals surface area contributed by atoms with Crippen LogP contribution in [0.2, 0.25) is 0 Å². The SMILES string of the molecule is O=S(=O)(NN1CCOCC1)c1ccc(CNC2CC2)o1. The molecule has 0 aromatic carbocycles. The molecule has 1 aliphatic carbocycles. The molecule has 0 amide bonds. The highest BCUT2D eigenvalue weighted by molar-refractivity contribution is 7.89. The van der Waals surface area contributed by atoms with Gasteiger partial charge in [0, 0.05) is 19.1 Å². The summed E-state index contributed by atoms with van der Waals surface area (Å²) in [5, 5.41) is 4.87. The zero-order chi connectivity index (χ0) is 14.0. The molecule has 0 atom stereocenters. The third-order valence-corrected chi connectivity index (χ3v) is 4.55. The van der Waals surface area contributed by atoms with Crippen LogP contribution in [0.5, 0.6) is 0 Å². The first-order valence-electron chi connectivity index (χ1n) is 6.81. The van der Waals surface area contributed by atoms with Crippen LogP contribution < -0.4 is 10.1 Å². The summed E-state index contributed by atoms with van der Waals surface area (Å²) in [6, 6.07) is 3.75. The molecular formula is C12H19N3O4S. The van der Waals surface area contributed by atoms with E-state index in [9.17, 15) is 8.42 Å². The van der Waals surface area contributed by atoms with Crippen molar-refractivity contribution in [1.29, 1.82) is 0 Å². The minimum absolute atomic E-state index is 0.0448. The van der Waals surface area contributed by atoms with Gasteiger partial charge in [0.2, 0.25) is 5.09 Å². The third-order valence-electron chi connectivity index (χ3n) is 3.30. The maximum absolute atomic E-state index is 12.2. The van der Waals surface area contributed by atoms with E-state index in [4.69, 9.17) is 9.15 Å². The first-order valence-corrected chi connectivity index (χ1v) is 8.29. The van der Waals surface area contributed by atoms with E-state index in [2.05, 4.69) is 10.1 Å². The lowest BCUT2D eigenvalue weighted by Crippen LogP contribution is -2.48. The van der Waals surface area contributed by atoms with E-state index in [0.29, 0.717) is 44.7 Å². The van der Waals surface area contributed by atoms with Crippen LogP contribution in [0.4, 0.5) is 0 Å². The van der Waals surface area contributed by atoms with Gasteiger partial charge in [-0.05, 0) is 25.0 Å². The fourth-order valence-electron chi connectivity index (χ4n) is 2.00. The van der Waals surface area contributed by atoms with Crippen LogP contribution in [-0.2, 0) is 21.3 Å². The second-order valence-electron chi connectivity index (χ2n) is 5.07. The summed E-state index contributed by atoms with van der Waals surface area (Å²) in [7, 11) is -3.64. The van der Waals surface area contributed by atoms with Gasteiger partial charge >= 0.3 is 0 Å². The van der Waals surface area contributed by atoms with Gasteiger partial charge in [-0.1, -0.05) is 0 Å². The molecule has 2 N–H and O–H groups in total. The van der Waals surface area contributed by atoms with Gasteiger partial charge in [0.05, 0.1) is 19.8 Å². The van der Waals surface area contributed by atoms with Crippen molar-refractivity contribution in [3.63, 3.8) is 0 Å². The van der Waals surface area contributed by atoms with E-state index in [1.165, 1.54) is 18.9 Å². The highest BCUT2D eigenvalue weighted by atomic mass is 32.2. The summed E-state index contributed by atoms with van der Waals surface area (Å²) in [4.78, 5) is 2.51. The maximum atomic E-state index is 12.2. The number of hydrogen-bond acceptors (Lipinski definition) is 6. The molecule has 0 radical (unpaired) electrons. The average Bonchev–Trinajstić information content (AvgIpc) is 3.13. The summed E-state index contributed by atoms with van der Waals surface area (Å²) in [6.07, 6.45) is 2.37. The van der Waals surface area contributed by atoms with E-state index >= 15 is 0 Å². The first-order chi connectivity index (χ1) is 9.63. The number of furan rings is 1. The van der Waals surface area contributed by atoms with Gasteiger partial charge in [-0.15, -0.1) is 4.83 Å². The fourth-order valence-corrected chi connectivity index (χ4v) is 3.08. The van der Waals surface area contributed by atoms with Gasteiger partial charge in [-0.2, -0.15) is 0 Å². The van der Waals surface area contributed by atoms with E-state index in [1.54, 1.807) is 11.1 Å². The Morgan fingerprint density at radius 2 is 2.00 bits per heavy atom. The molecule has 7 nitrogen and oxygen atoms in total. The van der Waals surface area contributed by atoms with Gasteiger partial charge in [-0.3, -0.25) is 0 Å². The first kappa shape index (κ1) is 14.0. The van der Waals surface area contributed by atoms with Crippen LogP contribution in [0, 0.1) is 0 Å². The zero-order valence-electron chi connectivity index (χ0n) is 11.2. The lowest BCUT2D eigenvalue weighted by atomic mass is 10.4. The molecule has 112 valence electrons. The van der Waals surface area contributed by atoms with Crippen molar-refractivity contribution >= 4 is 10.0 Å². The largest absolute Gasteiger partial charge is 0.447 e. The maximum Gasteiger partial charge on any atom is 0.286 e. The van der Waals surface area contributed by atoms with E-state index in [-0.39, 0.29) is 5.09 Å². The van der Waals surface area contributed by atoms with Crippen molar-refractivity contribution in [2.45, 2.75) is 30.5 Å². The lowest BCUT2D eigenvalue weighted by molar-refractivity contribution is 0.0270. The Kier molecular flexibility index (Phi) is 4.08. The topological polar surface area (TPSA) is 83.8 Å². The Labute approximate surface area is 118 Å². The van der Waals surface area contributed by atoms with Crippen molar-refractivity contribution in [1.82, 2.24) is 15.2 Å². The number of nitrogens with zero attached hydrogens (tertiary/aromatic N) is 1. The molecule has 8 heteroatoms. The Balaban J connectivity index is 1.60. The molecule has 0 spiro atoms. The molecule has 2 fully saturated rings. The molecule has 0 unspecified atom stereocenters. The van der Waals surface area contributed by atoms with Crippen LogP contribution in [0.1, 0.15) is 18.6 Å². The summed E-state index contributed by atoms with van der Waals surface area (Å²) in [5.41, 5.74) is 0. The van der Waals surface area contributed by atoms with Crippen molar-refractivity contribution < 1.29 is 17.6 Å².